The summed E-state index contributed by atoms with van der Waals surface area (Å²) in [6, 6.07) is 2.29. The lowest BCUT2D eigenvalue weighted by molar-refractivity contribution is -0.126. The first kappa shape index (κ1) is 15.4. The number of hydrogen-bond donors (Lipinski definition) is 0. The second-order valence-corrected chi connectivity index (χ2v) is 6.18. The number of benzene rings is 1. The number of nitrogens with zero attached hydrogens (tertiary/aromatic N) is 1. The Bertz CT molecular complexity index is 564. The predicted octanol–water partition coefficient (Wildman–Crippen LogP) is 4.31. The maximum absolute atomic E-state index is 13.3. The summed E-state index contributed by atoms with van der Waals surface area (Å²) >= 11 is 9.18. The molecule has 0 aromatic heterocycles. The van der Waals surface area contributed by atoms with Gasteiger partial charge in [0, 0.05) is 10.9 Å². The van der Waals surface area contributed by atoms with E-state index in [2.05, 4.69) is 15.9 Å². The molecule has 2 amide bonds. The molecule has 0 spiro atoms. The average molecular weight is 363 g/mol. The molecule has 0 saturated carbocycles. The van der Waals surface area contributed by atoms with Crippen molar-refractivity contribution in [1.82, 2.24) is 0 Å². The van der Waals surface area contributed by atoms with Crippen molar-refractivity contribution in [3.8, 4) is 0 Å². The van der Waals surface area contributed by atoms with Crippen molar-refractivity contribution in [1.29, 1.82) is 0 Å². The van der Waals surface area contributed by atoms with Gasteiger partial charge in [0.05, 0.1) is 16.1 Å². The Balaban J connectivity index is 2.55. The van der Waals surface area contributed by atoms with E-state index in [0.717, 1.165) is 11.0 Å². The van der Waals surface area contributed by atoms with Crippen LogP contribution < -0.4 is 4.90 Å². The Morgan fingerprint density at radius 3 is 2.40 bits per heavy atom. The molecule has 1 saturated heterocycles. The summed E-state index contributed by atoms with van der Waals surface area (Å²) in [4.78, 5) is 25.9. The van der Waals surface area contributed by atoms with Crippen molar-refractivity contribution in [2.24, 2.45) is 5.41 Å². The lowest BCUT2D eigenvalue weighted by atomic mass is 9.81. The molecule has 2 rings (SSSR count). The summed E-state index contributed by atoms with van der Waals surface area (Å²) in [5.41, 5.74) is -0.444. The van der Waals surface area contributed by atoms with Crippen LogP contribution in [0.15, 0.2) is 16.6 Å². The van der Waals surface area contributed by atoms with Gasteiger partial charge in [-0.25, -0.2) is 9.29 Å². The summed E-state index contributed by atoms with van der Waals surface area (Å²) in [6.07, 6.45) is 1.33. The zero-order valence-corrected chi connectivity index (χ0v) is 13.5. The van der Waals surface area contributed by atoms with Gasteiger partial charge in [-0.3, -0.25) is 9.59 Å². The fraction of sp³-hybridized carbons (Fsp3) is 0.429. The maximum atomic E-state index is 13.3. The number of rotatable bonds is 3. The van der Waals surface area contributed by atoms with Gasteiger partial charge in [0.2, 0.25) is 11.8 Å². The van der Waals surface area contributed by atoms with Crippen LogP contribution in [0.4, 0.5) is 10.1 Å². The first-order valence-electron chi connectivity index (χ1n) is 6.38. The number of amides is 2. The zero-order valence-electron chi connectivity index (χ0n) is 11.2. The molecule has 0 unspecified atom stereocenters. The van der Waals surface area contributed by atoms with Gasteiger partial charge in [0.1, 0.15) is 5.82 Å². The van der Waals surface area contributed by atoms with Crippen LogP contribution >= 0.6 is 27.5 Å². The minimum Gasteiger partial charge on any atom is -0.274 e. The van der Waals surface area contributed by atoms with Gasteiger partial charge in [0.15, 0.2) is 0 Å². The van der Waals surface area contributed by atoms with Crippen molar-refractivity contribution < 1.29 is 14.0 Å². The Kier molecular flexibility index (Phi) is 4.21. The third-order valence-corrected chi connectivity index (χ3v) is 4.85. The average Bonchev–Trinajstić information content (AvgIpc) is 2.62. The Hall–Kier alpha value is -0.940. The topological polar surface area (TPSA) is 37.4 Å². The van der Waals surface area contributed by atoms with Crippen LogP contribution in [0.25, 0.3) is 0 Å². The quantitative estimate of drug-likeness (QED) is 0.751. The van der Waals surface area contributed by atoms with Gasteiger partial charge < -0.3 is 0 Å². The van der Waals surface area contributed by atoms with Gasteiger partial charge in [-0.15, -0.1) is 0 Å². The molecule has 1 aromatic rings. The normalized spacial score (nSPS) is 17.9. The van der Waals surface area contributed by atoms with E-state index in [0.29, 0.717) is 17.3 Å². The fourth-order valence-corrected chi connectivity index (χ4v) is 3.59. The maximum Gasteiger partial charge on any atom is 0.240 e. The summed E-state index contributed by atoms with van der Waals surface area (Å²) in [7, 11) is 0. The van der Waals surface area contributed by atoms with Crippen molar-refractivity contribution in [2.75, 3.05) is 4.90 Å². The molecular weight excluding hydrogens is 349 g/mol. The van der Waals surface area contributed by atoms with E-state index in [9.17, 15) is 14.0 Å². The molecular formula is C14H14BrClFNO2. The van der Waals surface area contributed by atoms with Gasteiger partial charge in [-0.05, 0) is 40.9 Å². The highest BCUT2D eigenvalue weighted by Crippen LogP contribution is 2.45. The van der Waals surface area contributed by atoms with Gasteiger partial charge in [-0.2, -0.15) is 0 Å². The second kappa shape index (κ2) is 5.45. The highest BCUT2D eigenvalue weighted by molar-refractivity contribution is 9.10. The molecule has 6 heteroatoms. The van der Waals surface area contributed by atoms with Gasteiger partial charge in [0.25, 0.3) is 0 Å². The lowest BCUT2D eigenvalue weighted by Gasteiger charge is -2.24. The van der Waals surface area contributed by atoms with E-state index in [1.165, 1.54) is 6.07 Å². The Labute approximate surface area is 130 Å². The summed E-state index contributed by atoms with van der Waals surface area (Å²) < 4.78 is 13.6. The number of hydrogen-bond acceptors (Lipinski definition) is 2. The number of carbonyl (C=O) groups is 2. The van der Waals surface area contributed by atoms with Crippen LogP contribution in [0, 0.1) is 11.2 Å². The SMILES string of the molecule is CCC1(CC)CC(=O)N(c2c(Cl)cc(F)cc2Br)C1=O. The molecule has 1 aromatic carbocycles. The van der Waals surface area contributed by atoms with Crippen LogP contribution in [0.2, 0.25) is 5.02 Å². The van der Waals surface area contributed by atoms with Crippen LogP contribution in [0.5, 0.6) is 0 Å². The number of carbonyl (C=O) groups excluding carboxylic acids is 2. The van der Waals surface area contributed by atoms with Crippen LogP contribution in [-0.2, 0) is 9.59 Å². The Morgan fingerprint density at radius 2 is 1.95 bits per heavy atom. The Morgan fingerprint density at radius 1 is 1.35 bits per heavy atom. The molecule has 0 atom stereocenters. The van der Waals surface area contributed by atoms with E-state index in [-0.39, 0.29) is 28.9 Å². The molecule has 0 radical (unpaired) electrons. The third-order valence-electron chi connectivity index (χ3n) is 3.95. The van der Waals surface area contributed by atoms with Crippen LogP contribution in [-0.4, -0.2) is 11.8 Å². The minimum absolute atomic E-state index is 0.0431. The van der Waals surface area contributed by atoms with Crippen LogP contribution in [0.1, 0.15) is 33.1 Å². The summed E-state index contributed by atoms with van der Waals surface area (Å²) in [6.45, 7) is 3.78. The molecule has 0 bridgehead atoms. The van der Waals surface area contributed by atoms with E-state index >= 15 is 0 Å². The monoisotopic (exact) mass is 361 g/mol. The van der Waals surface area contributed by atoms with E-state index in [4.69, 9.17) is 11.6 Å². The van der Waals surface area contributed by atoms with Crippen molar-refractivity contribution in [2.45, 2.75) is 33.1 Å². The molecule has 1 aliphatic heterocycles. The second-order valence-electron chi connectivity index (χ2n) is 4.92. The molecule has 0 N–H and O–H groups in total. The van der Waals surface area contributed by atoms with Crippen LogP contribution in [0.3, 0.4) is 0 Å². The molecule has 108 valence electrons. The minimum atomic E-state index is -0.672. The molecule has 20 heavy (non-hydrogen) atoms. The highest BCUT2D eigenvalue weighted by Gasteiger charge is 2.50. The van der Waals surface area contributed by atoms with E-state index < -0.39 is 11.2 Å². The smallest absolute Gasteiger partial charge is 0.240 e. The van der Waals surface area contributed by atoms with Gasteiger partial charge in [-0.1, -0.05) is 25.4 Å². The van der Waals surface area contributed by atoms with E-state index in [1.54, 1.807) is 0 Å². The molecule has 0 aliphatic carbocycles. The number of imide groups is 1. The third kappa shape index (κ3) is 2.27. The standard InChI is InChI=1S/C14H14BrClFNO2/c1-3-14(4-2)7-11(19)18(13(14)20)12-9(15)5-8(17)6-10(12)16/h5-6H,3-4,7H2,1-2H3. The van der Waals surface area contributed by atoms with Gasteiger partial charge >= 0.3 is 0 Å². The van der Waals surface area contributed by atoms with Crippen molar-refractivity contribution in [3.63, 3.8) is 0 Å². The van der Waals surface area contributed by atoms with Crippen molar-refractivity contribution >= 4 is 45.0 Å². The largest absolute Gasteiger partial charge is 0.274 e. The summed E-state index contributed by atoms with van der Waals surface area (Å²) in [5, 5.41) is 0.0431. The summed E-state index contributed by atoms with van der Waals surface area (Å²) in [5.74, 6) is -1.09. The molecule has 1 aliphatic rings. The first-order chi connectivity index (χ1) is 9.36. The number of anilines is 1. The lowest BCUT2D eigenvalue weighted by Crippen LogP contribution is -2.35. The molecule has 3 nitrogen and oxygen atoms in total. The number of halogens is 3. The van der Waals surface area contributed by atoms with Crippen molar-refractivity contribution in [3.05, 3.63) is 27.4 Å². The highest BCUT2D eigenvalue weighted by atomic mass is 79.9. The first-order valence-corrected chi connectivity index (χ1v) is 7.55. The molecule has 1 fully saturated rings. The molecule has 1 heterocycles. The predicted molar refractivity (Wildman–Crippen MR) is 79.2 cm³/mol. The fourth-order valence-electron chi connectivity index (χ4n) is 2.57. The zero-order chi connectivity index (χ0) is 15.1. The van der Waals surface area contributed by atoms with E-state index in [1.807, 2.05) is 13.8 Å².